The standard InChI is InChI=1S/C36H31FN4O3/c1-21(2)22-15-17-23(18-16-22)33-32-27(25-10-4-7-13-29(25)39-32)19-31-35(43)41(36(44)40(31)33)30-14-8-5-11-26(30)34(42)38-20-24-9-3-6-12-28(24)37/h3-18,21,31,33,39H,19-20H2,1-2H3,(H,38,42)/t31-,33+/m0/s1. The van der Waals surface area contributed by atoms with E-state index in [2.05, 4.69) is 36.3 Å². The zero-order valence-electron chi connectivity index (χ0n) is 24.4. The molecule has 0 spiro atoms. The van der Waals surface area contributed by atoms with E-state index in [0.29, 0.717) is 17.9 Å². The largest absolute Gasteiger partial charge is 0.356 e. The van der Waals surface area contributed by atoms with E-state index in [1.165, 1.54) is 11.6 Å². The van der Waals surface area contributed by atoms with Crippen molar-refractivity contribution in [1.82, 2.24) is 15.2 Å². The van der Waals surface area contributed by atoms with Crippen molar-refractivity contribution in [3.05, 3.63) is 136 Å². The first-order valence-electron chi connectivity index (χ1n) is 14.8. The molecule has 2 atom stereocenters. The van der Waals surface area contributed by atoms with Gasteiger partial charge in [-0.2, -0.15) is 0 Å². The minimum absolute atomic E-state index is 0.0351. The van der Waals surface area contributed by atoms with Gasteiger partial charge < -0.3 is 10.3 Å². The summed E-state index contributed by atoms with van der Waals surface area (Å²) >= 11 is 0. The smallest absolute Gasteiger partial charge is 0.332 e. The van der Waals surface area contributed by atoms with E-state index in [1.807, 2.05) is 36.4 Å². The molecule has 0 aliphatic carbocycles. The number of hydrogen-bond acceptors (Lipinski definition) is 3. The number of anilines is 1. The van der Waals surface area contributed by atoms with Crippen molar-refractivity contribution in [2.45, 2.75) is 44.8 Å². The number of rotatable bonds is 6. The molecule has 5 aromatic rings. The van der Waals surface area contributed by atoms with Gasteiger partial charge in [0.15, 0.2) is 0 Å². The molecule has 2 N–H and O–H groups in total. The van der Waals surface area contributed by atoms with Crippen molar-refractivity contribution in [2.24, 2.45) is 0 Å². The average molecular weight is 587 g/mol. The Hall–Kier alpha value is -5.24. The summed E-state index contributed by atoms with van der Waals surface area (Å²) in [6.07, 6.45) is 0.350. The lowest BCUT2D eigenvalue weighted by Gasteiger charge is -2.36. The number of carbonyl (C=O) groups excluding carboxylic acids is 3. The number of urea groups is 1. The minimum atomic E-state index is -0.751. The van der Waals surface area contributed by atoms with Crippen LogP contribution < -0.4 is 10.2 Å². The molecular weight excluding hydrogens is 555 g/mol. The normalized spacial score (nSPS) is 17.7. The maximum atomic E-state index is 14.4. The topological polar surface area (TPSA) is 85.5 Å². The van der Waals surface area contributed by atoms with Gasteiger partial charge in [-0.3, -0.25) is 14.5 Å². The molecule has 0 saturated carbocycles. The predicted octanol–water partition coefficient (Wildman–Crippen LogP) is 6.84. The Balaban J connectivity index is 1.28. The second kappa shape index (κ2) is 10.8. The third kappa shape index (κ3) is 4.45. The Kier molecular flexibility index (Phi) is 6.77. The van der Waals surface area contributed by atoms with Crippen LogP contribution in [-0.2, 0) is 17.8 Å². The third-order valence-electron chi connectivity index (χ3n) is 8.75. The van der Waals surface area contributed by atoms with Crippen LogP contribution in [0.25, 0.3) is 10.9 Å². The number of amides is 4. The molecule has 1 fully saturated rings. The van der Waals surface area contributed by atoms with Gasteiger partial charge in [-0.1, -0.05) is 86.6 Å². The Bertz CT molecular complexity index is 1930. The Morgan fingerprint density at radius 1 is 0.932 bits per heavy atom. The summed E-state index contributed by atoms with van der Waals surface area (Å²) in [6.45, 7) is 4.23. The van der Waals surface area contributed by atoms with E-state index < -0.39 is 29.8 Å². The molecule has 4 aromatic carbocycles. The number of imide groups is 1. The fourth-order valence-corrected chi connectivity index (χ4v) is 6.48. The number of fused-ring (bicyclic) bond motifs is 4. The first-order valence-corrected chi connectivity index (χ1v) is 14.8. The van der Waals surface area contributed by atoms with Crippen LogP contribution in [0.2, 0.25) is 0 Å². The summed E-state index contributed by atoms with van der Waals surface area (Å²) in [5.74, 6) is -0.972. The zero-order valence-corrected chi connectivity index (χ0v) is 24.4. The lowest BCUT2D eigenvalue weighted by Crippen LogP contribution is -2.44. The zero-order chi connectivity index (χ0) is 30.5. The number of nitrogens with zero attached hydrogens (tertiary/aromatic N) is 2. The molecule has 1 aromatic heterocycles. The SMILES string of the molecule is CC(C)c1ccc([C@@H]2c3[nH]c4ccccc4c3C[C@H]3C(=O)N(c4ccccc4C(=O)NCc4ccccc4F)C(=O)N23)cc1. The Labute approximate surface area is 254 Å². The molecule has 2 aliphatic heterocycles. The van der Waals surface area contributed by atoms with Crippen molar-refractivity contribution < 1.29 is 18.8 Å². The molecule has 0 radical (unpaired) electrons. The minimum Gasteiger partial charge on any atom is -0.356 e. The van der Waals surface area contributed by atoms with Gasteiger partial charge in [-0.05, 0) is 46.9 Å². The molecule has 1 saturated heterocycles. The van der Waals surface area contributed by atoms with E-state index in [1.54, 1.807) is 47.4 Å². The molecule has 2 aliphatic rings. The average Bonchev–Trinajstić information content (AvgIpc) is 3.53. The fourth-order valence-electron chi connectivity index (χ4n) is 6.48. The van der Waals surface area contributed by atoms with E-state index in [4.69, 9.17) is 0 Å². The van der Waals surface area contributed by atoms with Crippen LogP contribution >= 0.6 is 0 Å². The lowest BCUT2D eigenvalue weighted by molar-refractivity contribution is -0.120. The van der Waals surface area contributed by atoms with E-state index >= 15 is 0 Å². The second-order valence-corrected chi connectivity index (χ2v) is 11.7. The van der Waals surface area contributed by atoms with E-state index in [9.17, 15) is 18.8 Å². The Morgan fingerprint density at radius 2 is 1.64 bits per heavy atom. The molecular formula is C36H31FN4O3. The van der Waals surface area contributed by atoms with Gasteiger partial charge in [0, 0.05) is 35.1 Å². The van der Waals surface area contributed by atoms with Crippen LogP contribution in [0.4, 0.5) is 14.9 Å². The van der Waals surface area contributed by atoms with Gasteiger partial charge in [0.05, 0.1) is 11.3 Å². The molecule has 44 heavy (non-hydrogen) atoms. The number of halogens is 1. The van der Waals surface area contributed by atoms with Gasteiger partial charge in [-0.25, -0.2) is 14.1 Å². The number of benzene rings is 4. The van der Waals surface area contributed by atoms with Crippen molar-refractivity contribution in [3.63, 3.8) is 0 Å². The molecule has 0 bridgehead atoms. The van der Waals surface area contributed by atoms with Gasteiger partial charge in [0.25, 0.3) is 11.8 Å². The number of nitrogens with one attached hydrogen (secondary N) is 2. The highest BCUT2D eigenvalue weighted by Crippen LogP contribution is 2.45. The fraction of sp³-hybridized carbons (Fsp3) is 0.194. The van der Waals surface area contributed by atoms with E-state index in [0.717, 1.165) is 32.6 Å². The number of H-pyrrole nitrogens is 1. The predicted molar refractivity (Wildman–Crippen MR) is 167 cm³/mol. The van der Waals surface area contributed by atoms with Crippen molar-refractivity contribution in [3.8, 4) is 0 Å². The number of aromatic amines is 1. The summed E-state index contributed by atoms with van der Waals surface area (Å²) in [6, 6.07) is 27.2. The van der Waals surface area contributed by atoms with Crippen molar-refractivity contribution in [2.75, 3.05) is 4.90 Å². The molecule has 0 unspecified atom stereocenters. The summed E-state index contributed by atoms with van der Waals surface area (Å²) in [5.41, 5.74) is 5.62. The molecule has 7 nitrogen and oxygen atoms in total. The van der Waals surface area contributed by atoms with Gasteiger partial charge >= 0.3 is 6.03 Å². The summed E-state index contributed by atoms with van der Waals surface area (Å²) < 4.78 is 14.2. The van der Waals surface area contributed by atoms with Crippen LogP contribution in [0.15, 0.2) is 97.1 Å². The monoisotopic (exact) mass is 586 g/mol. The maximum Gasteiger partial charge on any atom is 0.332 e. The number of para-hydroxylation sites is 2. The highest BCUT2D eigenvalue weighted by Gasteiger charge is 2.53. The van der Waals surface area contributed by atoms with Gasteiger partial charge in [0.2, 0.25) is 0 Å². The van der Waals surface area contributed by atoms with Crippen LogP contribution in [0.1, 0.15) is 64.1 Å². The number of aromatic nitrogens is 1. The highest BCUT2D eigenvalue weighted by atomic mass is 19.1. The Morgan fingerprint density at radius 3 is 2.41 bits per heavy atom. The molecule has 3 heterocycles. The third-order valence-corrected chi connectivity index (χ3v) is 8.75. The molecule has 7 rings (SSSR count). The first kappa shape index (κ1) is 27.6. The highest BCUT2D eigenvalue weighted by molar-refractivity contribution is 6.24. The van der Waals surface area contributed by atoms with Crippen LogP contribution in [0, 0.1) is 5.82 Å². The van der Waals surface area contributed by atoms with E-state index in [-0.39, 0.29) is 23.7 Å². The summed E-state index contributed by atoms with van der Waals surface area (Å²) in [4.78, 5) is 48.3. The summed E-state index contributed by atoms with van der Waals surface area (Å²) in [7, 11) is 0. The van der Waals surface area contributed by atoms with Crippen LogP contribution in [0.3, 0.4) is 0 Å². The van der Waals surface area contributed by atoms with Crippen molar-refractivity contribution >= 4 is 34.4 Å². The number of carbonyl (C=O) groups is 3. The maximum absolute atomic E-state index is 14.4. The molecule has 8 heteroatoms. The van der Waals surface area contributed by atoms with Gasteiger partial charge in [-0.15, -0.1) is 0 Å². The second-order valence-electron chi connectivity index (χ2n) is 11.7. The first-order chi connectivity index (χ1) is 21.3. The number of hydrogen-bond donors (Lipinski definition) is 2. The quantitative estimate of drug-likeness (QED) is 0.214. The van der Waals surface area contributed by atoms with Gasteiger partial charge in [0.1, 0.15) is 17.9 Å². The molecule has 4 amide bonds. The van der Waals surface area contributed by atoms with Crippen LogP contribution in [0.5, 0.6) is 0 Å². The molecule has 220 valence electrons. The lowest BCUT2D eigenvalue weighted by atomic mass is 9.88. The summed E-state index contributed by atoms with van der Waals surface area (Å²) in [5, 5.41) is 3.77. The van der Waals surface area contributed by atoms with Crippen LogP contribution in [-0.4, -0.2) is 33.8 Å². The van der Waals surface area contributed by atoms with Crippen molar-refractivity contribution in [1.29, 1.82) is 0 Å².